The van der Waals surface area contributed by atoms with Crippen molar-refractivity contribution < 1.29 is 9.53 Å². The average molecular weight is 198 g/mol. The Balaban J connectivity index is 1.93. The van der Waals surface area contributed by atoms with E-state index in [0.717, 1.165) is 19.3 Å². The first-order chi connectivity index (χ1) is 6.65. The van der Waals surface area contributed by atoms with Crippen molar-refractivity contribution in [2.24, 2.45) is 5.73 Å². The average Bonchev–Trinajstić information content (AvgIpc) is 2.75. The number of methoxy groups -OCH3 is 1. The summed E-state index contributed by atoms with van der Waals surface area (Å²) in [6.07, 6.45) is 5.49. The Labute approximate surface area is 84.2 Å². The second-order valence-corrected chi connectivity index (χ2v) is 4.53. The third-order valence-corrected chi connectivity index (χ3v) is 3.57. The second-order valence-electron chi connectivity index (χ2n) is 4.53. The number of nitrogens with two attached hydrogens (primary N) is 1. The van der Waals surface area contributed by atoms with Crippen LogP contribution in [0.25, 0.3) is 0 Å². The number of nitrogens with one attached hydrogen (secondary N) is 1. The highest BCUT2D eigenvalue weighted by atomic mass is 16.5. The van der Waals surface area contributed by atoms with Gasteiger partial charge in [0.2, 0.25) is 0 Å². The van der Waals surface area contributed by atoms with Gasteiger partial charge < -0.3 is 15.8 Å². The van der Waals surface area contributed by atoms with Gasteiger partial charge >= 0.3 is 5.97 Å². The van der Waals surface area contributed by atoms with Gasteiger partial charge in [-0.25, -0.2) is 0 Å². The van der Waals surface area contributed by atoms with Crippen molar-refractivity contribution in [2.45, 2.75) is 49.7 Å². The van der Waals surface area contributed by atoms with Gasteiger partial charge in [-0.15, -0.1) is 0 Å². The molecule has 4 nitrogen and oxygen atoms in total. The molecule has 0 aromatic heterocycles. The molecule has 14 heavy (non-hydrogen) atoms. The molecular formula is C10H18N2O2. The molecule has 2 heterocycles. The molecule has 2 aliphatic rings. The van der Waals surface area contributed by atoms with Crippen LogP contribution < -0.4 is 11.1 Å². The minimum absolute atomic E-state index is 0.137. The zero-order valence-corrected chi connectivity index (χ0v) is 8.58. The summed E-state index contributed by atoms with van der Waals surface area (Å²) >= 11 is 0. The lowest BCUT2D eigenvalue weighted by Crippen LogP contribution is -2.45. The fourth-order valence-electron chi connectivity index (χ4n) is 2.81. The summed E-state index contributed by atoms with van der Waals surface area (Å²) in [6, 6.07) is 0.198. The third-order valence-electron chi connectivity index (χ3n) is 3.57. The van der Waals surface area contributed by atoms with E-state index in [4.69, 9.17) is 5.73 Å². The number of esters is 1. The summed E-state index contributed by atoms with van der Waals surface area (Å²) < 4.78 is 4.63. The van der Waals surface area contributed by atoms with Crippen molar-refractivity contribution in [1.29, 1.82) is 0 Å². The second kappa shape index (κ2) is 3.51. The Hall–Kier alpha value is -0.610. The smallest absolute Gasteiger partial charge is 0.322 e. The summed E-state index contributed by atoms with van der Waals surface area (Å²) in [6.45, 7) is 0. The highest BCUT2D eigenvalue weighted by molar-refractivity contribution is 5.75. The van der Waals surface area contributed by atoms with Crippen LogP contribution in [-0.2, 0) is 9.53 Å². The lowest BCUT2D eigenvalue weighted by Gasteiger charge is -2.28. The molecule has 1 unspecified atom stereocenters. The monoisotopic (exact) mass is 198 g/mol. The molecule has 0 aliphatic carbocycles. The maximum Gasteiger partial charge on any atom is 0.322 e. The van der Waals surface area contributed by atoms with E-state index in [1.807, 2.05) is 0 Å². The number of hydrogen-bond donors (Lipinski definition) is 2. The Morgan fingerprint density at radius 3 is 2.71 bits per heavy atom. The van der Waals surface area contributed by atoms with Crippen LogP contribution in [0.2, 0.25) is 0 Å². The van der Waals surface area contributed by atoms with Crippen LogP contribution in [0, 0.1) is 0 Å². The van der Waals surface area contributed by atoms with Crippen LogP contribution in [0.1, 0.15) is 32.1 Å². The minimum atomic E-state index is -0.468. The maximum atomic E-state index is 11.2. The summed E-state index contributed by atoms with van der Waals surface area (Å²) in [5.41, 5.74) is 5.91. The number of rotatable bonds is 3. The first-order valence-electron chi connectivity index (χ1n) is 5.26. The van der Waals surface area contributed by atoms with E-state index in [9.17, 15) is 4.79 Å². The van der Waals surface area contributed by atoms with Crippen LogP contribution in [0.3, 0.4) is 0 Å². The van der Waals surface area contributed by atoms with E-state index in [1.165, 1.54) is 20.0 Å². The normalized spacial score (nSPS) is 37.1. The number of carbonyl (C=O) groups is 1. The van der Waals surface area contributed by atoms with E-state index >= 15 is 0 Å². The zero-order valence-electron chi connectivity index (χ0n) is 8.58. The van der Waals surface area contributed by atoms with Gasteiger partial charge in [-0.1, -0.05) is 0 Å². The fourth-order valence-corrected chi connectivity index (χ4v) is 2.81. The zero-order chi connectivity index (χ0) is 10.2. The number of fused-ring (bicyclic) bond motifs is 2. The van der Waals surface area contributed by atoms with Gasteiger partial charge in [-0.2, -0.15) is 0 Å². The molecule has 0 amide bonds. The van der Waals surface area contributed by atoms with Gasteiger partial charge in [-0.3, -0.25) is 4.79 Å². The standard InChI is InChI=1S/C10H18N2O2/c1-14-9(13)8(11)6-10-4-2-7(12-10)3-5-10/h7-8,12H,2-6,11H2,1H3. The number of carbonyl (C=O) groups excluding carboxylic acids is 1. The largest absolute Gasteiger partial charge is 0.468 e. The van der Waals surface area contributed by atoms with Crippen molar-refractivity contribution in [1.82, 2.24) is 5.32 Å². The lowest BCUT2D eigenvalue weighted by atomic mass is 9.83. The van der Waals surface area contributed by atoms with E-state index in [2.05, 4.69) is 10.1 Å². The molecule has 0 saturated carbocycles. The van der Waals surface area contributed by atoms with Crippen LogP contribution in [0.5, 0.6) is 0 Å². The van der Waals surface area contributed by atoms with Gasteiger partial charge in [0.1, 0.15) is 6.04 Å². The Bertz CT molecular complexity index is 234. The number of ether oxygens (including phenoxy) is 1. The predicted octanol–water partition coefficient (Wildman–Crippen LogP) is 0.161. The summed E-state index contributed by atoms with van der Waals surface area (Å²) in [4.78, 5) is 11.2. The molecule has 2 saturated heterocycles. The van der Waals surface area contributed by atoms with Crippen LogP contribution in [0.4, 0.5) is 0 Å². The van der Waals surface area contributed by atoms with Crippen molar-refractivity contribution >= 4 is 5.97 Å². The molecule has 80 valence electrons. The lowest BCUT2D eigenvalue weighted by molar-refractivity contribution is -0.142. The van der Waals surface area contributed by atoms with Crippen molar-refractivity contribution in [2.75, 3.05) is 7.11 Å². The quantitative estimate of drug-likeness (QED) is 0.634. The molecule has 0 spiro atoms. The summed E-state index contributed by atoms with van der Waals surface area (Å²) in [5.74, 6) is -0.295. The Kier molecular flexibility index (Phi) is 2.49. The molecule has 2 bridgehead atoms. The molecule has 4 heteroatoms. The predicted molar refractivity (Wildman–Crippen MR) is 52.7 cm³/mol. The molecule has 2 fully saturated rings. The van der Waals surface area contributed by atoms with Crippen molar-refractivity contribution in [3.63, 3.8) is 0 Å². The van der Waals surface area contributed by atoms with E-state index in [1.54, 1.807) is 0 Å². The SMILES string of the molecule is COC(=O)C(N)CC12CCC(CC1)N2. The Morgan fingerprint density at radius 1 is 1.64 bits per heavy atom. The van der Waals surface area contributed by atoms with Gasteiger partial charge in [0.05, 0.1) is 7.11 Å². The van der Waals surface area contributed by atoms with Crippen molar-refractivity contribution in [3.8, 4) is 0 Å². The highest BCUT2D eigenvalue weighted by Gasteiger charge is 2.45. The van der Waals surface area contributed by atoms with Crippen LogP contribution >= 0.6 is 0 Å². The molecule has 1 atom stereocenters. The van der Waals surface area contributed by atoms with Crippen molar-refractivity contribution in [3.05, 3.63) is 0 Å². The molecule has 0 radical (unpaired) electrons. The molecular weight excluding hydrogens is 180 g/mol. The molecule has 3 N–H and O–H groups in total. The minimum Gasteiger partial charge on any atom is -0.468 e. The van der Waals surface area contributed by atoms with Gasteiger partial charge in [-0.05, 0) is 32.1 Å². The van der Waals surface area contributed by atoms with Gasteiger partial charge in [0, 0.05) is 11.6 Å². The molecule has 0 aromatic rings. The van der Waals surface area contributed by atoms with E-state index in [-0.39, 0.29) is 11.5 Å². The van der Waals surface area contributed by atoms with Crippen LogP contribution in [0.15, 0.2) is 0 Å². The summed E-state index contributed by atoms with van der Waals surface area (Å²) in [7, 11) is 1.39. The molecule has 0 aromatic carbocycles. The van der Waals surface area contributed by atoms with E-state index < -0.39 is 6.04 Å². The summed E-state index contributed by atoms with van der Waals surface area (Å²) in [5, 5.41) is 3.56. The van der Waals surface area contributed by atoms with E-state index in [0.29, 0.717) is 6.04 Å². The molecule has 2 aliphatic heterocycles. The molecule has 2 rings (SSSR count). The first-order valence-corrected chi connectivity index (χ1v) is 5.26. The highest BCUT2D eigenvalue weighted by Crippen LogP contribution is 2.40. The fraction of sp³-hybridized carbons (Fsp3) is 0.900. The van der Waals surface area contributed by atoms with Gasteiger partial charge in [0.15, 0.2) is 0 Å². The third kappa shape index (κ3) is 1.64. The number of hydrogen-bond acceptors (Lipinski definition) is 4. The van der Waals surface area contributed by atoms with Crippen LogP contribution in [-0.4, -0.2) is 30.7 Å². The Morgan fingerprint density at radius 2 is 2.29 bits per heavy atom. The maximum absolute atomic E-state index is 11.2. The topological polar surface area (TPSA) is 64.3 Å². The van der Waals surface area contributed by atoms with Gasteiger partial charge in [0.25, 0.3) is 0 Å². The first kappa shape index (κ1) is 9.93.